The van der Waals surface area contributed by atoms with Crippen LogP contribution in [0.5, 0.6) is 5.75 Å². The van der Waals surface area contributed by atoms with E-state index < -0.39 is 0 Å². The summed E-state index contributed by atoms with van der Waals surface area (Å²) in [7, 11) is 1.64. The number of likely N-dealkylation sites (tertiary alicyclic amines) is 1. The van der Waals surface area contributed by atoms with Crippen molar-refractivity contribution in [2.45, 2.75) is 25.5 Å². The minimum atomic E-state index is -0.381. The molecule has 1 aliphatic rings. The van der Waals surface area contributed by atoms with Crippen LogP contribution in [0, 0.1) is 0 Å². The maximum absolute atomic E-state index is 12.3. The molecule has 1 atom stereocenters. The molecule has 0 aliphatic carbocycles. The maximum Gasteiger partial charge on any atom is 0.242 e. The van der Waals surface area contributed by atoms with Gasteiger partial charge in [0.15, 0.2) is 0 Å². The highest BCUT2D eigenvalue weighted by atomic mass is 16.5. The van der Waals surface area contributed by atoms with Gasteiger partial charge in [-0.15, -0.1) is 0 Å². The first-order valence-corrected chi connectivity index (χ1v) is 7.26. The number of nitrogens with zero attached hydrogens (tertiary/aromatic N) is 2. The zero-order chi connectivity index (χ0) is 14.8. The maximum atomic E-state index is 12.3. The first-order valence-electron chi connectivity index (χ1n) is 7.26. The average molecular weight is 288 g/mol. The smallest absolute Gasteiger partial charge is 0.242 e. The van der Waals surface area contributed by atoms with Gasteiger partial charge >= 0.3 is 0 Å². The summed E-state index contributed by atoms with van der Waals surface area (Å²) >= 11 is 0. The lowest BCUT2D eigenvalue weighted by Gasteiger charge is -2.30. The summed E-state index contributed by atoms with van der Waals surface area (Å²) in [5.41, 5.74) is 1.02. The molecule has 1 fully saturated rings. The minimum absolute atomic E-state index is 0.0575. The number of benzene rings is 1. The number of aromatic nitrogens is 1. The topological polar surface area (TPSA) is 54.7 Å². The van der Waals surface area contributed by atoms with E-state index in [1.54, 1.807) is 12.0 Å². The molecule has 5 nitrogen and oxygen atoms in total. The summed E-state index contributed by atoms with van der Waals surface area (Å²) in [5, 5.41) is 10.7. The quantitative estimate of drug-likeness (QED) is 0.934. The average Bonchev–Trinajstić information content (AvgIpc) is 2.89. The van der Waals surface area contributed by atoms with Crippen LogP contribution in [0.25, 0.3) is 10.9 Å². The van der Waals surface area contributed by atoms with E-state index in [1.807, 2.05) is 35.0 Å². The number of aliphatic hydroxyl groups excluding tert-OH is 1. The molecule has 1 unspecified atom stereocenters. The van der Waals surface area contributed by atoms with Crippen molar-refractivity contribution < 1.29 is 14.6 Å². The number of methoxy groups -OCH3 is 1. The zero-order valence-corrected chi connectivity index (χ0v) is 12.2. The Hall–Kier alpha value is -2.01. The van der Waals surface area contributed by atoms with Crippen LogP contribution in [-0.4, -0.2) is 46.8 Å². The number of fused-ring (bicyclic) bond motifs is 1. The SMILES string of the molecule is COc1ccc2c(ccn2CC(=O)N2CCCC(O)C2)c1. The highest BCUT2D eigenvalue weighted by Gasteiger charge is 2.22. The molecule has 1 N–H and O–H groups in total. The van der Waals surface area contributed by atoms with Crippen LogP contribution in [-0.2, 0) is 11.3 Å². The van der Waals surface area contributed by atoms with Crippen LogP contribution in [0.1, 0.15) is 12.8 Å². The lowest BCUT2D eigenvalue weighted by molar-refractivity contribution is -0.134. The monoisotopic (exact) mass is 288 g/mol. The van der Waals surface area contributed by atoms with Gasteiger partial charge in [-0.3, -0.25) is 4.79 Å². The number of carbonyl (C=O) groups is 1. The van der Waals surface area contributed by atoms with Crippen molar-refractivity contribution in [1.29, 1.82) is 0 Å². The Labute approximate surface area is 123 Å². The van der Waals surface area contributed by atoms with E-state index in [2.05, 4.69) is 0 Å². The lowest BCUT2D eigenvalue weighted by atomic mass is 10.1. The Bertz CT molecular complexity index is 650. The van der Waals surface area contributed by atoms with Crippen LogP contribution in [0.4, 0.5) is 0 Å². The Morgan fingerprint density at radius 2 is 2.29 bits per heavy atom. The normalized spacial score (nSPS) is 19.0. The molecular weight excluding hydrogens is 268 g/mol. The Morgan fingerprint density at radius 3 is 3.05 bits per heavy atom. The third-order valence-corrected chi connectivity index (χ3v) is 4.03. The second kappa shape index (κ2) is 5.77. The molecule has 1 saturated heterocycles. The van der Waals surface area contributed by atoms with Crippen molar-refractivity contribution in [1.82, 2.24) is 9.47 Å². The molecule has 3 rings (SSSR count). The summed E-state index contributed by atoms with van der Waals surface area (Å²) in [5.74, 6) is 0.868. The number of hydrogen-bond acceptors (Lipinski definition) is 3. The van der Waals surface area contributed by atoms with Crippen molar-refractivity contribution in [3.05, 3.63) is 30.5 Å². The van der Waals surface area contributed by atoms with Gasteiger partial charge in [0.1, 0.15) is 12.3 Å². The van der Waals surface area contributed by atoms with E-state index >= 15 is 0 Å². The lowest BCUT2D eigenvalue weighted by Crippen LogP contribution is -2.43. The summed E-state index contributed by atoms with van der Waals surface area (Å²) in [6.45, 7) is 1.50. The van der Waals surface area contributed by atoms with Gasteiger partial charge in [0, 0.05) is 30.2 Å². The second-order valence-electron chi connectivity index (χ2n) is 5.50. The fourth-order valence-electron chi connectivity index (χ4n) is 2.87. The van der Waals surface area contributed by atoms with E-state index in [0.29, 0.717) is 13.1 Å². The predicted octanol–water partition coefficient (Wildman–Crippen LogP) is 1.63. The molecule has 112 valence electrons. The van der Waals surface area contributed by atoms with Gasteiger partial charge in [0.25, 0.3) is 0 Å². The number of ether oxygens (including phenoxy) is 1. The van der Waals surface area contributed by atoms with Gasteiger partial charge in [0.05, 0.1) is 13.2 Å². The predicted molar refractivity (Wildman–Crippen MR) is 80.3 cm³/mol. The van der Waals surface area contributed by atoms with Crippen LogP contribution < -0.4 is 4.74 Å². The van der Waals surface area contributed by atoms with Crippen molar-refractivity contribution in [3.63, 3.8) is 0 Å². The molecular formula is C16H20N2O3. The van der Waals surface area contributed by atoms with Crippen molar-refractivity contribution in [2.75, 3.05) is 20.2 Å². The van der Waals surface area contributed by atoms with Gasteiger partial charge < -0.3 is 19.3 Å². The van der Waals surface area contributed by atoms with Crippen molar-refractivity contribution in [2.24, 2.45) is 0 Å². The molecule has 5 heteroatoms. The van der Waals surface area contributed by atoms with E-state index in [-0.39, 0.29) is 12.0 Å². The van der Waals surface area contributed by atoms with E-state index in [4.69, 9.17) is 4.74 Å². The molecule has 2 heterocycles. The molecule has 1 amide bonds. The Morgan fingerprint density at radius 1 is 1.43 bits per heavy atom. The zero-order valence-electron chi connectivity index (χ0n) is 12.2. The molecule has 21 heavy (non-hydrogen) atoms. The second-order valence-corrected chi connectivity index (χ2v) is 5.50. The largest absolute Gasteiger partial charge is 0.497 e. The summed E-state index contributed by atoms with van der Waals surface area (Å²) < 4.78 is 7.15. The van der Waals surface area contributed by atoms with Crippen molar-refractivity contribution >= 4 is 16.8 Å². The third kappa shape index (κ3) is 2.88. The summed E-state index contributed by atoms with van der Waals surface area (Å²) in [4.78, 5) is 14.1. The first-order chi connectivity index (χ1) is 10.2. The molecule has 0 saturated carbocycles. The van der Waals surface area contributed by atoms with E-state index in [0.717, 1.165) is 36.0 Å². The van der Waals surface area contributed by atoms with Gasteiger partial charge in [-0.25, -0.2) is 0 Å². The molecule has 1 aromatic heterocycles. The summed E-state index contributed by atoms with van der Waals surface area (Å²) in [6, 6.07) is 7.80. The van der Waals surface area contributed by atoms with Crippen LogP contribution in [0.15, 0.2) is 30.5 Å². The van der Waals surface area contributed by atoms with Crippen LogP contribution in [0.2, 0.25) is 0 Å². The molecule has 0 radical (unpaired) electrons. The van der Waals surface area contributed by atoms with Crippen molar-refractivity contribution in [3.8, 4) is 5.75 Å². The number of hydrogen-bond donors (Lipinski definition) is 1. The fraction of sp³-hybridized carbons (Fsp3) is 0.438. The number of carbonyl (C=O) groups excluding carboxylic acids is 1. The van der Waals surface area contributed by atoms with Gasteiger partial charge in [-0.2, -0.15) is 0 Å². The number of β-amino-alcohol motifs (C(OH)–C–C–N with tert-alkyl or cyclic N) is 1. The first kappa shape index (κ1) is 13.9. The Balaban J connectivity index is 1.76. The van der Waals surface area contributed by atoms with Crippen LogP contribution >= 0.6 is 0 Å². The van der Waals surface area contributed by atoms with Gasteiger partial charge in [0.2, 0.25) is 5.91 Å². The minimum Gasteiger partial charge on any atom is -0.497 e. The molecule has 2 aromatic rings. The van der Waals surface area contributed by atoms with E-state index in [1.165, 1.54) is 0 Å². The highest BCUT2D eigenvalue weighted by Crippen LogP contribution is 2.22. The van der Waals surface area contributed by atoms with Gasteiger partial charge in [-0.1, -0.05) is 0 Å². The van der Waals surface area contributed by atoms with E-state index in [9.17, 15) is 9.90 Å². The summed E-state index contributed by atoms with van der Waals surface area (Å²) in [6.07, 6.45) is 3.20. The third-order valence-electron chi connectivity index (χ3n) is 4.03. The number of rotatable bonds is 3. The highest BCUT2D eigenvalue weighted by molar-refractivity contribution is 5.84. The standard InChI is InChI=1S/C16H20N2O3/c1-21-14-4-5-15-12(9-14)6-8-17(15)11-16(20)18-7-2-3-13(19)10-18/h4-6,8-9,13,19H,2-3,7,10-11H2,1H3. The Kier molecular flexibility index (Phi) is 3.84. The number of piperidine rings is 1. The molecule has 1 aromatic carbocycles. The number of aliphatic hydroxyl groups is 1. The van der Waals surface area contributed by atoms with Crippen LogP contribution in [0.3, 0.4) is 0 Å². The molecule has 0 spiro atoms. The molecule has 1 aliphatic heterocycles. The van der Waals surface area contributed by atoms with Gasteiger partial charge in [-0.05, 0) is 37.1 Å². The number of amides is 1. The molecule has 0 bridgehead atoms. The fourth-order valence-corrected chi connectivity index (χ4v) is 2.87.